The van der Waals surface area contributed by atoms with E-state index in [0.29, 0.717) is 19.4 Å². The summed E-state index contributed by atoms with van der Waals surface area (Å²) in [5.74, 6) is -5.11. The maximum Gasteiger partial charge on any atom is 0.412 e. The molecule has 11 heteroatoms. The Balaban J connectivity index is 5.67. The molecule has 1 amide bonds. The molecule has 0 heterocycles. The molecule has 0 aliphatic heterocycles. The Bertz CT molecular complexity index is 654. The van der Waals surface area contributed by atoms with Crippen molar-refractivity contribution in [1.29, 1.82) is 0 Å². The first-order chi connectivity index (χ1) is 14.5. The highest BCUT2D eigenvalue weighted by Crippen LogP contribution is 2.22. The van der Waals surface area contributed by atoms with Crippen LogP contribution in [0.4, 0.5) is 4.79 Å². The first kappa shape index (κ1) is 29.6. The molecule has 0 rings (SSSR count). The second-order valence-corrected chi connectivity index (χ2v) is 9.60. The number of carbonyl (C=O) groups excluding carboxylic acids is 2. The van der Waals surface area contributed by atoms with Crippen LogP contribution in [0, 0.1) is 5.92 Å². The first-order valence-electron chi connectivity index (χ1n) is 10.7. The smallest absolute Gasteiger partial charge is 0.412 e. The van der Waals surface area contributed by atoms with Crippen molar-refractivity contribution in [2.45, 2.75) is 97.1 Å². The molecule has 0 bridgehead atoms. The number of rotatable bonds is 12. The summed E-state index contributed by atoms with van der Waals surface area (Å²) < 4.78 is 10.5. The molecular weight excluding hydrogens is 422 g/mol. The highest BCUT2D eigenvalue weighted by atomic mass is 16.6. The lowest BCUT2D eigenvalue weighted by Gasteiger charge is -2.35. The SMILES string of the molecule is CC(C)(C)OC(=O)C(CCC(N)N(C(=O)OC(C)(C)C)[C@@H](CCCCN)C(=O)O)C(=O)O. The van der Waals surface area contributed by atoms with E-state index >= 15 is 0 Å². The number of unbranched alkanes of at least 4 members (excludes halogenated alkanes) is 1. The minimum atomic E-state index is -1.51. The quantitative estimate of drug-likeness (QED) is 0.145. The van der Waals surface area contributed by atoms with E-state index in [1.165, 1.54) is 0 Å². The molecule has 0 radical (unpaired) electrons. The third-order valence-corrected chi connectivity index (χ3v) is 4.25. The van der Waals surface area contributed by atoms with Crippen molar-refractivity contribution in [3.05, 3.63) is 0 Å². The van der Waals surface area contributed by atoms with Crippen LogP contribution in [-0.4, -0.2) is 69.1 Å². The number of nitrogens with two attached hydrogens (primary N) is 2. The standard InChI is InChI=1S/C21H39N3O8/c1-20(2,3)31-18(29)13(16(25)26)10-11-15(23)24(19(30)32-21(4,5)6)14(17(27)28)9-7-8-12-22/h13-15H,7-12,22-23H2,1-6H3,(H,25,26)(H,27,28)/t13?,14-,15?/m0/s1. The van der Waals surface area contributed by atoms with Crippen LogP contribution >= 0.6 is 0 Å². The van der Waals surface area contributed by atoms with E-state index in [-0.39, 0.29) is 19.3 Å². The number of hydrogen-bond donors (Lipinski definition) is 4. The van der Waals surface area contributed by atoms with Crippen molar-refractivity contribution in [3.63, 3.8) is 0 Å². The molecule has 32 heavy (non-hydrogen) atoms. The van der Waals surface area contributed by atoms with Gasteiger partial charge in [0.1, 0.15) is 17.2 Å². The van der Waals surface area contributed by atoms with E-state index in [1.54, 1.807) is 41.5 Å². The van der Waals surface area contributed by atoms with E-state index in [1.807, 2.05) is 0 Å². The summed E-state index contributed by atoms with van der Waals surface area (Å²) in [6.07, 6.45) is -1.46. The van der Waals surface area contributed by atoms with Gasteiger partial charge >= 0.3 is 24.0 Å². The largest absolute Gasteiger partial charge is 0.481 e. The molecular formula is C21H39N3O8. The van der Waals surface area contributed by atoms with Crippen LogP contribution in [0.25, 0.3) is 0 Å². The molecule has 11 nitrogen and oxygen atoms in total. The average Bonchev–Trinajstić information content (AvgIpc) is 2.57. The topological polar surface area (TPSA) is 182 Å². The zero-order valence-corrected chi connectivity index (χ0v) is 19.9. The Hall–Kier alpha value is -2.40. The fourth-order valence-electron chi connectivity index (χ4n) is 2.86. The van der Waals surface area contributed by atoms with Crippen LogP contribution in [0.1, 0.15) is 73.6 Å². The predicted octanol–water partition coefficient (Wildman–Crippen LogP) is 1.91. The van der Waals surface area contributed by atoms with E-state index in [0.717, 1.165) is 4.90 Å². The average molecular weight is 462 g/mol. The molecule has 0 aromatic heterocycles. The zero-order chi connectivity index (χ0) is 25.3. The minimum Gasteiger partial charge on any atom is -0.481 e. The van der Waals surface area contributed by atoms with Gasteiger partial charge in [0.25, 0.3) is 0 Å². The second-order valence-electron chi connectivity index (χ2n) is 9.60. The van der Waals surface area contributed by atoms with Crippen molar-refractivity contribution in [1.82, 2.24) is 4.90 Å². The normalized spacial score (nSPS) is 14.8. The predicted molar refractivity (Wildman–Crippen MR) is 117 cm³/mol. The summed E-state index contributed by atoms with van der Waals surface area (Å²) >= 11 is 0. The van der Waals surface area contributed by atoms with Gasteiger partial charge in [-0.05, 0) is 80.2 Å². The highest BCUT2D eigenvalue weighted by Gasteiger charge is 2.38. The van der Waals surface area contributed by atoms with E-state index in [2.05, 4.69) is 0 Å². The Morgan fingerprint density at radius 1 is 0.844 bits per heavy atom. The third-order valence-electron chi connectivity index (χ3n) is 4.25. The van der Waals surface area contributed by atoms with Crippen LogP contribution in [-0.2, 0) is 23.9 Å². The van der Waals surface area contributed by atoms with E-state index in [4.69, 9.17) is 20.9 Å². The second kappa shape index (κ2) is 12.6. The van der Waals surface area contributed by atoms with Crippen molar-refractivity contribution in [2.24, 2.45) is 17.4 Å². The molecule has 0 aliphatic carbocycles. The number of carbonyl (C=O) groups is 4. The lowest BCUT2D eigenvalue weighted by atomic mass is 10.0. The lowest BCUT2D eigenvalue weighted by molar-refractivity contribution is -0.167. The molecule has 0 aromatic carbocycles. The fraction of sp³-hybridized carbons (Fsp3) is 0.810. The van der Waals surface area contributed by atoms with Gasteiger partial charge in [-0.3, -0.25) is 14.5 Å². The minimum absolute atomic E-state index is 0.0912. The summed E-state index contributed by atoms with van der Waals surface area (Å²) in [5.41, 5.74) is 9.83. The van der Waals surface area contributed by atoms with Crippen molar-refractivity contribution in [3.8, 4) is 0 Å². The monoisotopic (exact) mass is 461 g/mol. The van der Waals surface area contributed by atoms with Crippen molar-refractivity contribution >= 4 is 24.0 Å². The molecule has 0 spiro atoms. The van der Waals surface area contributed by atoms with Crippen LogP contribution in [0.3, 0.4) is 0 Å². The summed E-state index contributed by atoms with van der Waals surface area (Å²) in [6.45, 7) is 10.1. The summed E-state index contributed by atoms with van der Waals surface area (Å²) in [5, 5.41) is 19.2. The van der Waals surface area contributed by atoms with Crippen LogP contribution in [0.15, 0.2) is 0 Å². The van der Waals surface area contributed by atoms with Crippen molar-refractivity contribution in [2.75, 3.05) is 6.54 Å². The van der Waals surface area contributed by atoms with Crippen LogP contribution in [0.2, 0.25) is 0 Å². The molecule has 0 aromatic rings. The van der Waals surface area contributed by atoms with Gasteiger partial charge in [-0.15, -0.1) is 0 Å². The Morgan fingerprint density at radius 3 is 1.78 bits per heavy atom. The van der Waals surface area contributed by atoms with Gasteiger partial charge in [0.15, 0.2) is 5.92 Å². The van der Waals surface area contributed by atoms with Crippen LogP contribution < -0.4 is 11.5 Å². The van der Waals surface area contributed by atoms with Crippen molar-refractivity contribution < 1.29 is 38.9 Å². The zero-order valence-electron chi connectivity index (χ0n) is 19.9. The molecule has 186 valence electrons. The fourth-order valence-corrected chi connectivity index (χ4v) is 2.86. The molecule has 0 saturated carbocycles. The summed E-state index contributed by atoms with van der Waals surface area (Å²) in [6, 6.07) is -1.30. The maximum absolute atomic E-state index is 12.8. The van der Waals surface area contributed by atoms with Gasteiger partial charge in [0.05, 0.1) is 6.17 Å². The molecule has 0 aliphatic rings. The molecule has 2 unspecified atom stereocenters. The van der Waals surface area contributed by atoms with Gasteiger partial charge in [-0.1, -0.05) is 0 Å². The number of ether oxygens (including phenoxy) is 2. The first-order valence-corrected chi connectivity index (χ1v) is 10.7. The summed E-state index contributed by atoms with van der Waals surface area (Å²) in [4.78, 5) is 49.5. The number of nitrogens with zero attached hydrogens (tertiary/aromatic N) is 1. The van der Waals surface area contributed by atoms with Gasteiger partial charge in [-0.25, -0.2) is 9.59 Å². The number of carboxylic acids is 2. The molecule has 0 fully saturated rings. The number of carboxylic acid groups (broad SMARTS) is 2. The molecule has 6 N–H and O–H groups in total. The number of hydrogen-bond acceptors (Lipinski definition) is 8. The number of aliphatic carboxylic acids is 2. The van der Waals surface area contributed by atoms with E-state index < -0.39 is 53.3 Å². The van der Waals surface area contributed by atoms with E-state index in [9.17, 15) is 29.4 Å². The Kier molecular flexibility index (Phi) is 11.6. The van der Waals surface area contributed by atoms with Gasteiger partial charge in [0, 0.05) is 0 Å². The number of esters is 1. The highest BCUT2D eigenvalue weighted by molar-refractivity contribution is 5.94. The molecule has 0 saturated heterocycles. The molecule has 3 atom stereocenters. The number of amides is 1. The van der Waals surface area contributed by atoms with Gasteiger partial charge < -0.3 is 31.2 Å². The Labute approximate surface area is 189 Å². The lowest BCUT2D eigenvalue weighted by Crippen LogP contribution is -2.55. The maximum atomic E-state index is 12.8. The third kappa shape index (κ3) is 11.3. The van der Waals surface area contributed by atoms with Crippen LogP contribution in [0.5, 0.6) is 0 Å². The summed E-state index contributed by atoms with van der Waals surface area (Å²) in [7, 11) is 0. The van der Waals surface area contributed by atoms with Gasteiger partial charge in [-0.2, -0.15) is 0 Å². The Morgan fingerprint density at radius 2 is 1.38 bits per heavy atom. The van der Waals surface area contributed by atoms with Gasteiger partial charge in [0.2, 0.25) is 0 Å².